The standard InChI is InChI=1S/C7H8Cl2O4/c8-3-12-5(10)7(1-2-7)6(11)13-4-9/h1-4H2. The monoisotopic (exact) mass is 226 g/mol. The average Bonchev–Trinajstić information content (AvgIpc) is 2.85. The summed E-state index contributed by atoms with van der Waals surface area (Å²) in [5.41, 5.74) is -1.12. The zero-order valence-electron chi connectivity index (χ0n) is 6.72. The van der Waals surface area contributed by atoms with Crippen LogP contribution in [0.5, 0.6) is 0 Å². The maximum absolute atomic E-state index is 11.2. The third-order valence-corrected chi connectivity index (χ3v) is 2.12. The largest absolute Gasteiger partial charge is 0.448 e. The van der Waals surface area contributed by atoms with Crippen LogP contribution in [-0.4, -0.2) is 24.1 Å². The average molecular weight is 227 g/mol. The van der Waals surface area contributed by atoms with E-state index in [4.69, 9.17) is 23.2 Å². The second-order valence-electron chi connectivity index (χ2n) is 2.66. The zero-order valence-corrected chi connectivity index (χ0v) is 8.23. The third kappa shape index (κ3) is 2.06. The molecule has 0 aromatic heterocycles. The normalized spacial score (nSPS) is 17.7. The molecule has 1 aliphatic rings. The summed E-state index contributed by atoms with van der Waals surface area (Å²) < 4.78 is 9.04. The van der Waals surface area contributed by atoms with E-state index in [0.29, 0.717) is 12.8 Å². The molecule has 0 N–H and O–H groups in total. The summed E-state index contributed by atoms with van der Waals surface area (Å²) >= 11 is 10.4. The first-order chi connectivity index (χ1) is 6.17. The molecule has 1 saturated carbocycles. The lowest BCUT2D eigenvalue weighted by Crippen LogP contribution is -2.29. The molecule has 0 unspecified atom stereocenters. The number of halogens is 2. The number of carbonyl (C=O) groups is 2. The molecule has 1 aliphatic carbocycles. The van der Waals surface area contributed by atoms with Crippen LogP contribution in [-0.2, 0) is 19.1 Å². The molecule has 0 radical (unpaired) electrons. The van der Waals surface area contributed by atoms with Crippen molar-refractivity contribution in [1.82, 2.24) is 0 Å². The Morgan fingerprint density at radius 2 is 1.46 bits per heavy atom. The van der Waals surface area contributed by atoms with Gasteiger partial charge in [0.15, 0.2) is 17.5 Å². The second-order valence-corrected chi connectivity index (χ2v) is 3.10. The van der Waals surface area contributed by atoms with Crippen LogP contribution in [0.25, 0.3) is 0 Å². The predicted octanol–water partition coefficient (Wildman–Crippen LogP) is 1.25. The smallest absolute Gasteiger partial charge is 0.324 e. The molecule has 1 fully saturated rings. The van der Waals surface area contributed by atoms with Gasteiger partial charge in [0, 0.05) is 0 Å². The minimum absolute atomic E-state index is 0.255. The van der Waals surface area contributed by atoms with E-state index in [2.05, 4.69) is 9.47 Å². The molecule has 0 aliphatic heterocycles. The summed E-state index contributed by atoms with van der Waals surface area (Å²) in [6.45, 7) is 0. The van der Waals surface area contributed by atoms with Crippen LogP contribution in [0.4, 0.5) is 0 Å². The molecule has 0 aromatic rings. The van der Waals surface area contributed by atoms with Crippen molar-refractivity contribution in [2.45, 2.75) is 12.8 Å². The van der Waals surface area contributed by atoms with Gasteiger partial charge in [-0.3, -0.25) is 9.59 Å². The van der Waals surface area contributed by atoms with Gasteiger partial charge < -0.3 is 9.47 Å². The van der Waals surface area contributed by atoms with Crippen LogP contribution in [0.3, 0.4) is 0 Å². The SMILES string of the molecule is O=C(OCCl)C1(C(=O)OCCl)CC1. The van der Waals surface area contributed by atoms with Gasteiger partial charge >= 0.3 is 11.9 Å². The Bertz CT molecular complexity index is 205. The predicted molar refractivity (Wildman–Crippen MR) is 45.3 cm³/mol. The number of ether oxygens (including phenoxy) is 2. The van der Waals surface area contributed by atoms with Gasteiger partial charge in [0.25, 0.3) is 0 Å². The molecule has 0 bridgehead atoms. The summed E-state index contributed by atoms with van der Waals surface area (Å²) in [6, 6.07) is -0.510. The summed E-state index contributed by atoms with van der Waals surface area (Å²) in [6.07, 6.45) is 0.886. The zero-order chi connectivity index (χ0) is 9.90. The minimum atomic E-state index is -1.12. The van der Waals surface area contributed by atoms with E-state index in [0.717, 1.165) is 0 Å². The van der Waals surface area contributed by atoms with Gasteiger partial charge in [-0.2, -0.15) is 0 Å². The van der Waals surface area contributed by atoms with Crippen LogP contribution in [0, 0.1) is 5.41 Å². The summed E-state index contributed by atoms with van der Waals surface area (Å²) in [4.78, 5) is 22.4. The summed E-state index contributed by atoms with van der Waals surface area (Å²) in [5.74, 6) is -1.25. The number of esters is 2. The molecule has 13 heavy (non-hydrogen) atoms. The van der Waals surface area contributed by atoms with Gasteiger partial charge in [-0.25, -0.2) is 0 Å². The van der Waals surface area contributed by atoms with Crippen LogP contribution in [0.15, 0.2) is 0 Å². The molecule has 0 heterocycles. The first kappa shape index (κ1) is 10.6. The quantitative estimate of drug-likeness (QED) is 0.412. The third-order valence-electron chi connectivity index (χ3n) is 1.90. The van der Waals surface area contributed by atoms with Gasteiger partial charge in [0.2, 0.25) is 0 Å². The topological polar surface area (TPSA) is 52.6 Å². The van der Waals surface area contributed by atoms with Crippen molar-refractivity contribution in [3.8, 4) is 0 Å². The summed E-state index contributed by atoms with van der Waals surface area (Å²) in [7, 11) is 0. The van der Waals surface area contributed by atoms with Crippen molar-refractivity contribution in [2.24, 2.45) is 5.41 Å². The van der Waals surface area contributed by atoms with Crippen LogP contribution < -0.4 is 0 Å². The first-order valence-corrected chi connectivity index (χ1v) is 4.70. The lowest BCUT2D eigenvalue weighted by Gasteiger charge is -2.10. The van der Waals surface area contributed by atoms with Crippen LogP contribution in [0.1, 0.15) is 12.8 Å². The van der Waals surface area contributed by atoms with Crippen LogP contribution in [0.2, 0.25) is 0 Å². The van der Waals surface area contributed by atoms with Crippen molar-refractivity contribution in [3.63, 3.8) is 0 Å². The highest BCUT2D eigenvalue weighted by Crippen LogP contribution is 2.48. The maximum Gasteiger partial charge on any atom is 0.324 e. The van der Waals surface area contributed by atoms with E-state index >= 15 is 0 Å². The Labute approximate surface area is 85.1 Å². The van der Waals surface area contributed by atoms with E-state index in [1.165, 1.54) is 0 Å². The Hall–Kier alpha value is -0.480. The highest BCUT2D eigenvalue weighted by atomic mass is 35.5. The second kappa shape index (κ2) is 4.15. The number of alkyl halides is 2. The van der Waals surface area contributed by atoms with E-state index in [1.54, 1.807) is 0 Å². The molecule has 0 atom stereocenters. The van der Waals surface area contributed by atoms with E-state index < -0.39 is 17.4 Å². The van der Waals surface area contributed by atoms with E-state index in [-0.39, 0.29) is 12.1 Å². The van der Waals surface area contributed by atoms with Crippen molar-refractivity contribution in [3.05, 3.63) is 0 Å². The fourth-order valence-corrected chi connectivity index (χ4v) is 1.19. The highest BCUT2D eigenvalue weighted by molar-refractivity contribution is 6.18. The Morgan fingerprint density at radius 3 is 1.69 bits per heavy atom. The molecule has 0 saturated heterocycles. The Balaban J connectivity index is 2.55. The fraction of sp³-hybridized carbons (Fsp3) is 0.714. The lowest BCUT2D eigenvalue weighted by molar-refractivity contribution is -0.162. The van der Waals surface area contributed by atoms with Crippen molar-refractivity contribution in [2.75, 3.05) is 12.1 Å². The number of carbonyl (C=O) groups excluding carboxylic acids is 2. The van der Waals surface area contributed by atoms with Crippen molar-refractivity contribution < 1.29 is 19.1 Å². The molecule has 74 valence electrons. The molecule has 0 amide bonds. The Morgan fingerprint density at radius 1 is 1.08 bits per heavy atom. The summed E-state index contributed by atoms with van der Waals surface area (Å²) in [5, 5.41) is 0. The lowest BCUT2D eigenvalue weighted by atomic mass is 10.1. The molecule has 0 spiro atoms. The molecule has 4 nitrogen and oxygen atoms in total. The molecule has 0 aromatic carbocycles. The van der Waals surface area contributed by atoms with Crippen LogP contribution >= 0.6 is 23.2 Å². The molecule has 1 rings (SSSR count). The number of rotatable bonds is 4. The van der Waals surface area contributed by atoms with E-state index in [9.17, 15) is 9.59 Å². The van der Waals surface area contributed by atoms with E-state index in [1.807, 2.05) is 0 Å². The van der Waals surface area contributed by atoms with Gasteiger partial charge in [0.05, 0.1) is 0 Å². The highest BCUT2D eigenvalue weighted by Gasteiger charge is 2.59. The Kier molecular flexibility index (Phi) is 3.39. The minimum Gasteiger partial charge on any atom is -0.448 e. The van der Waals surface area contributed by atoms with Gasteiger partial charge in [-0.1, -0.05) is 23.2 Å². The molecular formula is C7H8Cl2O4. The molecule has 6 heteroatoms. The maximum atomic E-state index is 11.2. The van der Waals surface area contributed by atoms with Crippen molar-refractivity contribution in [1.29, 1.82) is 0 Å². The fourth-order valence-electron chi connectivity index (χ4n) is 0.992. The number of hydrogen-bond acceptors (Lipinski definition) is 4. The number of hydrogen-bond donors (Lipinski definition) is 0. The van der Waals surface area contributed by atoms with Crippen molar-refractivity contribution >= 4 is 35.1 Å². The first-order valence-electron chi connectivity index (χ1n) is 3.64. The van der Waals surface area contributed by atoms with Gasteiger partial charge in [-0.05, 0) is 12.8 Å². The van der Waals surface area contributed by atoms with Gasteiger partial charge in [-0.15, -0.1) is 0 Å². The molecular weight excluding hydrogens is 219 g/mol. The van der Waals surface area contributed by atoms with Gasteiger partial charge in [0.1, 0.15) is 0 Å².